The van der Waals surface area contributed by atoms with Gasteiger partial charge in [0.25, 0.3) is 0 Å². The molecule has 19 heavy (non-hydrogen) atoms. The van der Waals surface area contributed by atoms with Crippen LogP contribution in [0.25, 0.3) is 0 Å². The molecule has 0 atom stereocenters. The van der Waals surface area contributed by atoms with E-state index in [1.54, 1.807) is 30.3 Å². The minimum Gasteiger partial charge on any atom is -0.399 e. The molecule has 0 amide bonds. The topological polar surface area (TPSA) is 60.2 Å². The van der Waals surface area contributed by atoms with Gasteiger partial charge < -0.3 is 5.73 Å². The van der Waals surface area contributed by atoms with E-state index in [1.165, 1.54) is 0 Å². The van der Waals surface area contributed by atoms with Crippen molar-refractivity contribution in [3.63, 3.8) is 0 Å². The molecule has 2 N–H and O–H groups in total. The van der Waals surface area contributed by atoms with Crippen molar-refractivity contribution in [1.29, 1.82) is 0 Å². The third-order valence-electron chi connectivity index (χ3n) is 3.02. The van der Waals surface area contributed by atoms with Crippen LogP contribution >= 0.6 is 0 Å². The lowest BCUT2D eigenvalue weighted by Crippen LogP contribution is -2.07. The minimum absolute atomic E-state index is 0.00241. The molecule has 0 unspecified atom stereocenters. The molecule has 0 spiro atoms. The van der Waals surface area contributed by atoms with Crippen molar-refractivity contribution >= 4 is 15.5 Å². The highest BCUT2D eigenvalue weighted by molar-refractivity contribution is 7.90. The third-order valence-corrected chi connectivity index (χ3v) is 4.84. The van der Waals surface area contributed by atoms with E-state index in [2.05, 4.69) is 0 Å². The number of aryl methyl sites for hydroxylation is 2. The first-order chi connectivity index (χ1) is 8.88. The number of rotatable bonds is 3. The molecular weight excluding hydrogens is 258 g/mol. The van der Waals surface area contributed by atoms with Crippen LogP contribution in [0.2, 0.25) is 0 Å². The SMILES string of the molecule is Cc1ccc(C)c(S(=O)(=O)Cc2ccc(N)cc2)c1. The second-order valence-corrected chi connectivity index (χ2v) is 6.73. The van der Waals surface area contributed by atoms with Crippen molar-refractivity contribution in [2.45, 2.75) is 24.5 Å². The fourth-order valence-electron chi connectivity index (χ4n) is 1.95. The number of nitrogens with two attached hydrogens (primary N) is 1. The van der Waals surface area contributed by atoms with Crippen LogP contribution in [0.3, 0.4) is 0 Å². The van der Waals surface area contributed by atoms with Crippen molar-refractivity contribution in [1.82, 2.24) is 0 Å². The van der Waals surface area contributed by atoms with E-state index in [4.69, 9.17) is 5.73 Å². The lowest BCUT2D eigenvalue weighted by Gasteiger charge is -2.09. The van der Waals surface area contributed by atoms with Gasteiger partial charge in [-0.3, -0.25) is 0 Å². The summed E-state index contributed by atoms with van der Waals surface area (Å²) in [7, 11) is -3.32. The molecule has 0 bridgehead atoms. The summed E-state index contributed by atoms with van der Waals surface area (Å²) in [6, 6.07) is 12.4. The van der Waals surface area contributed by atoms with Crippen LogP contribution in [0.4, 0.5) is 5.69 Å². The van der Waals surface area contributed by atoms with E-state index in [9.17, 15) is 8.42 Å². The van der Waals surface area contributed by atoms with Crippen molar-refractivity contribution in [2.24, 2.45) is 0 Å². The monoisotopic (exact) mass is 275 g/mol. The number of hydrogen-bond acceptors (Lipinski definition) is 3. The van der Waals surface area contributed by atoms with Gasteiger partial charge >= 0.3 is 0 Å². The zero-order valence-corrected chi connectivity index (χ0v) is 11.9. The van der Waals surface area contributed by atoms with E-state index in [1.807, 2.05) is 26.0 Å². The standard InChI is InChI=1S/C15H17NO2S/c1-11-3-4-12(2)15(9-11)19(17,18)10-13-5-7-14(16)8-6-13/h3-9H,10,16H2,1-2H3. The smallest absolute Gasteiger partial charge is 0.182 e. The van der Waals surface area contributed by atoms with E-state index in [0.717, 1.165) is 16.7 Å². The van der Waals surface area contributed by atoms with Gasteiger partial charge in [-0.2, -0.15) is 0 Å². The average molecular weight is 275 g/mol. The van der Waals surface area contributed by atoms with E-state index in [0.29, 0.717) is 10.6 Å². The van der Waals surface area contributed by atoms with E-state index >= 15 is 0 Å². The van der Waals surface area contributed by atoms with Gasteiger partial charge in [0.1, 0.15) is 0 Å². The summed E-state index contributed by atoms with van der Waals surface area (Å²) in [6.07, 6.45) is 0. The summed E-state index contributed by atoms with van der Waals surface area (Å²) in [5.41, 5.74) is 8.70. The highest BCUT2D eigenvalue weighted by atomic mass is 32.2. The molecule has 3 nitrogen and oxygen atoms in total. The maximum Gasteiger partial charge on any atom is 0.182 e. The lowest BCUT2D eigenvalue weighted by atomic mass is 10.2. The quantitative estimate of drug-likeness (QED) is 0.876. The van der Waals surface area contributed by atoms with Crippen LogP contribution in [0.5, 0.6) is 0 Å². The Morgan fingerprint density at radius 2 is 1.63 bits per heavy atom. The molecule has 0 aromatic heterocycles. The first-order valence-electron chi connectivity index (χ1n) is 6.03. The Hall–Kier alpha value is -1.81. The minimum atomic E-state index is -3.32. The molecule has 0 saturated carbocycles. The van der Waals surface area contributed by atoms with Gasteiger partial charge in [0.15, 0.2) is 9.84 Å². The summed E-state index contributed by atoms with van der Waals surface area (Å²) in [6.45, 7) is 3.71. The summed E-state index contributed by atoms with van der Waals surface area (Å²) in [5, 5.41) is 0. The number of anilines is 1. The van der Waals surface area contributed by atoms with Crippen LogP contribution in [0.15, 0.2) is 47.4 Å². The Morgan fingerprint density at radius 1 is 1.00 bits per heavy atom. The van der Waals surface area contributed by atoms with Gasteiger partial charge in [-0.25, -0.2) is 8.42 Å². The molecule has 0 heterocycles. The average Bonchev–Trinajstić information content (AvgIpc) is 2.35. The molecule has 0 aliphatic carbocycles. The van der Waals surface area contributed by atoms with Crippen LogP contribution in [0.1, 0.15) is 16.7 Å². The number of benzene rings is 2. The zero-order chi connectivity index (χ0) is 14.0. The van der Waals surface area contributed by atoms with Crippen LogP contribution < -0.4 is 5.73 Å². The maximum absolute atomic E-state index is 12.4. The first kappa shape index (κ1) is 13.6. The zero-order valence-electron chi connectivity index (χ0n) is 11.1. The highest BCUT2D eigenvalue weighted by Gasteiger charge is 2.17. The number of hydrogen-bond donors (Lipinski definition) is 1. The molecule has 2 aromatic carbocycles. The van der Waals surface area contributed by atoms with E-state index in [-0.39, 0.29) is 5.75 Å². The van der Waals surface area contributed by atoms with Crippen LogP contribution in [-0.2, 0) is 15.6 Å². The summed E-state index contributed by atoms with van der Waals surface area (Å²) in [4.78, 5) is 0.407. The molecule has 0 fully saturated rings. The van der Waals surface area contributed by atoms with Crippen LogP contribution in [0, 0.1) is 13.8 Å². The molecule has 0 saturated heterocycles. The molecule has 4 heteroatoms. The first-order valence-corrected chi connectivity index (χ1v) is 7.68. The maximum atomic E-state index is 12.4. The summed E-state index contributed by atoms with van der Waals surface area (Å²) < 4.78 is 24.9. The predicted octanol–water partition coefficient (Wildman–Crippen LogP) is 2.86. The van der Waals surface area contributed by atoms with Gasteiger partial charge in [-0.15, -0.1) is 0 Å². The van der Waals surface area contributed by atoms with Crippen molar-refractivity contribution < 1.29 is 8.42 Å². The fourth-order valence-corrected chi connectivity index (χ4v) is 3.66. The van der Waals surface area contributed by atoms with Gasteiger partial charge in [0.05, 0.1) is 10.6 Å². The Bertz CT molecular complexity index is 689. The van der Waals surface area contributed by atoms with Gasteiger partial charge in [-0.1, -0.05) is 24.3 Å². The third kappa shape index (κ3) is 3.15. The molecule has 0 radical (unpaired) electrons. The van der Waals surface area contributed by atoms with Crippen molar-refractivity contribution in [2.75, 3.05) is 5.73 Å². The Morgan fingerprint density at radius 3 is 2.26 bits per heavy atom. The number of nitrogen functional groups attached to an aromatic ring is 1. The van der Waals surface area contributed by atoms with Crippen molar-refractivity contribution in [3.05, 3.63) is 59.2 Å². The largest absolute Gasteiger partial charge is 0.399 e. The Kier molecular flexibility index (Phi) is 3.62. The van der Waals surface area contributed by atoms with Crippen molar-refractivity contribution in [3.8, 4) is 0 Å². The Balaban J connectivity index is 2.37. The normalized spacial score (nSPS) is 11.5. The summed E-state index contributed by atoms with van der Waals surface area (Å²) >= 11 is 0. The molecular formula is C15H17NO2S. The molecule has 2 aromatic rings. The summed E-state index contributed by atoms with van der Waals surface area (Å²) in [5.74, 6) is -0.00241. The predicted molar refractivity (Wildman–Crippen MR) is 77.7 cm³/mol. The van der Waals surface area contributed by atoms with Gasteiger partial charge in [0.2, 0.25) is 0 Å². The van der Waals surface area contributed by atoms with E-state index < -0.39 is 9.84 Å². The van der Waals surface area contributed by atoms with Crippen LogP contribution in [-0.4, -0.2) is 8.42 Å². The second-order valence-electron chi connectivity index (χ2n) is 4.77. The fraction of sp³-hybridized carbons (Fsp3) is 0.200. The second kappa shape index (κ2) is 5.05. The number of sulfone groups is 1. The Labute approximate surface area is 114 Å². The lowest BCUT2D eigenvalue weighted by molar-refractivity contribution is 0.594. The van der Waals surface area contributed by atoms with Gasteiger partial charge in [-0.05, 0) is 48.7 Å². The molecule has 0 aliphatic rings. The molecule has 100 valence electrons. The molecule has 2 rings (SSSR count). The highest BCUT2D eigenvalue weighted by Crippen LogP contribution is 2.21. The van der Waals surface area contributed by atoms with Gasteiger partial charge in [0, 0.05) is 5.69 Å². The molecule has 0 aliphatic heterocycles.